The van der Waals surface area contributed by atoms with Crippen molar-refractivity contribution in [2.45, 2.75) is 51.2 Å². The van der Waals surface area contributed by atoms with Gasteiger partial charge in [0.2, 0.25) is 5.43 Å². The molecule has 0 spiro atoms. The molecule has 5 aromatic rings. The van der Waals surface area contributed by atoms with Gasteiger partial charge >= 0.3 is 6.09 Å². The molecule has 1 amide bonds. The molecule has 0 saturated heterocycles. The van der Waals surface area contributed by atoms with E-state index in [4.69, 9.17) is 9.15 Å². The van der Waals surface area contributed by atoms with Crippen LogP contribution in [0.3, 0.4) is 0 Å². The standard InChI is InChI=1S/C32H30N4O4/c1-31(2,3)40-30(38)35-32(15-7-16-32)23-12-10-21(11-13-23)25-26(37)24-14-17-34-29(36-19-18-33-20-36)28(24)39-27(25)22-8-5-4-6-9-22/h4-6,8-14,17-20H,7,15-16H2,1-3H3,(H,35,38). The van der Waals surface area contributed by atoms with Crippen LogP contribution in [-0.4, -0.2) is 26.2 Å². The molecule has 0 atom stereocenters. The molecule has 0 radical (unpaired) electrons. The molecular formula is C32H30N4O4. The van der Waals surface area contributed by atoms with Crippen molar-refractivity contribution in [1.29, 1.82) is 0 Å². The van der Waals surface area contributed by atoms with E-state index < -0.39 is 17.2 Å². The number of nitrogens with zero attached hydrogens (tertiary/aromatic N) is 3. The quantitative estimate of drug-likeness (QED) is 0.272. The zero-order valence-corrected chi connectivity index (χ0v) is 22.7. The van der Waals surface area contributed by atoms with Gasteiger partial charge in [0, 0.05) is 24.2 Å². The zero-order valence-electron chi connectivity index (χ0n) is 22.7. The number of alkyl carbamates (subject to hydrolysis) is 1. The SMILES string of the molecule is CC(C)(C)OC(=O)NC1(c2ccc(-c3c(-c4ccccc4)oc4c(-n5ccnc5)nccc4c3=O)cc2)CCC1. The lowest BCUT2D eigenvalue weighted by atomic mass is 9.71. The highest BCUT2D eigenvalue weighted by Crippen LogP contribution is 2.42. The number of hydrogen-bond donors (Lipinski definition) is 1. The third-order valence-electron chi connectivity index (χ3n) is 7.25. The lowest BCUT2D eigenvalue weighted by molar-refractivity contribution is 0.0377. The highest BCUT2D eigenvalue weighted by atomic mass is 16.6. The van der Waals surface area contributed by atoms with Crippen LogP contribution in [0.5, 0.6) is 0 Å². The van der Waals surface area contributed by atoms with Gasteiger partial charge in [0.15, 0.2) is 11.4 Å². The summed E-state index contributed by atoms with van der Waals surface area (Å²) in [5.41, 5.74) is 2.13. The summed E-state index contributed by atoms with van der Waals surface area (Å²) in [6, 6.07) is 19.1. The molecular weight excluding hydrogens is 504 g/mol. The minimum Gasteiger partial charge on any atom is -0.451 e. The van der Waals surface area contributed by atoms with Crippen molar-refractivity contribution in [2.24, 2.45) is 0 Å². The summed E-state index contributed by atoms with van der Waals surface area (Å²) in [4.78, 5) is 35.3. The Hall–Kier alpha value is -4.72. The molecule has 1 fully saturated rings. The molecule has 3 aromatic heterocycles. The van der Waals surface area contributed by atoms with E-state index >= 15 is 0 Å². The van der Waals surface area contributed by atoms with E-state index in [0.717, 1.165) is 36.0 Å². The number of ether oxygens (including phenoxy) is 1. The second-order valence-electron chi connectivity index (χ2n) is 11.1. The Balaban J connectivity index is 1.46. The van der Waals surface area contributed by atoms with E-state index in [2.05, 4.69) is 15.3 Å². The minimum atomic E-state index is -0.579. The number of carbonyl (C=O) groups excluding carboxylic acids is 1. The lowest BCUT2D eigenvalue weighted by Crippen LogP contribution is -2.52. The maximum atomic E-state index is 14.1. The summed E-state index contributed by atoms with van der Waals surface area (Å²) >= 11 is 0. The van der Waals surface area contributed by atoms with Gasteiger partial charge in [-0.2, -0.15) is 0 Å². The minimum absolute atomic E-state index is 0.151. The van der Waals surface area contributed by atoms with Gasteiger partial charge in [-0.3, -0.25) is 9.36 Å². The topological polar surface area (TPSA) is 99.2 Å². The normalized spacial score (nSPS) is 14.5. The smallest absolute Gasteiger partial charge is 0.408 e. The molecule has 40 heavy (non-hydrogen) atoms. The predicted molar refractivity (Wildman–Crippen MR) is 153 cm³/mol. The van der Waals surface area contributed by atoms with Crippen LogP contribution >= 0.6 is 0 Å². The number of hydrogen-bond acceptors (Lipinski definition) is 6. The predicted octanol–water partition coefficient (Wildman–Crippen LogP) is 6.61. The van der Waals surface area contributed by atoms with Gasteiger partial charge in [0.1, 0.15) is 17.7 Å². The molecule has 1 aliphatic carbocycles. The van der Waals surface area contributed by atoms with Crippen LogP contribution < -0.4 is 10.7 Å². The van der Waals surface area contributed by atoms with Crippen LogP contribution in [0, 0.1) is 0 Å². The fourth-order valence-corrected chi connectivity index (χ4v) is 5.20. The average Bonchev–Trinajstić information content (AvgIpc) is 3.45. The molecule has 8 heteroatoms. The molecule has 8 nitrogen and oxygen atoms in total. The number of pyridine rings is 1. The molecule has 0 bridgehead atoms. The molecule has 1 saturated carbocycles. The third-order valence-corrected chi connectivity index (χ3v) is 7.25. The van der Waals surface area contributed by atoms with Crippen molar-refractivity contribution in [2.75, 3.05) is 0 Å². The molecule has 0 aliphatic heterocycles. The first-order valence-corrected chi connectivity index (χ1v) is 13.4. The van der Waals surface area contributed by atoms with Crippen molar-refractivity contribution in [3.05, 3.63) is 101 Å². The second-order valence-corrected chi connectivity index (χ2v) is 11.1. The molecule has 6 rings (SSSR count). The number of nitrogens with one attached hydrogen (secondary N) is 1. The Morgan fingerprint density at radius 3 is 2.38 bits per heavy atom. The first-order chi connectivity index (χ1) is 19.2. The molecule has 3 heterocycles. The Morgan fingerprint density at radius 2 is 1.75 bits per heavy atom. The van der Waals surface area contributed by atoms with Crippen LogP contribution in [0.2, 0.25) is 0 Å². The summed E-state index contributed by atoms with van der Waals surface area (Å²) < 4.78 is 13.8. The third kappa shape index (κ3) is 4.66. The summed E-state index contributed by atoms with van der Waals surface area (Å²) in [6.45, 7) is 5.55. The van der Waals surface area contributed by atoms with Crippen LogP contribution in [0.1, 0.15) is 45.6 Å². The van der Waals surface area contributed by atoms with E-state index in [1.54, 1.807) is 35.6 Å². The lowest BCUT2D eigenvalue weighted by Gasteiger charge is -2.43. The van der Waals surface area contributed by atoms with E-state index in [0.29, 0.717) is 28.1 Å². The fourth-order valence-electron chi connectivity index (χ4n) is 5.20. The van der Waals surface area contributed by atoms with E-state index in [9.17, 15) is 9.59 Å². The van der Waals surface area contributed by atoms with E-state index in [1.807, 2.05) is 75.4 Å². The zero-order chi connectivity index (χ0) is 27.9. The number of aromatic nitrogens is 3. The molecule has 2 aromatic carbocycles. The maximum absolute atomic E-state index is 14.1. The van der Waals surface area contributed by atoms with Gasteiger partial charge in [0.25, 0.3) is 0 Å². The van der Waals surface area contributed by atoms with E-state index in [-0.39, 0.29) is 5.43 Å². The highest BCUT2D eigenvalue weighted by Gasteiger charge is 2.41. The monoisotopic (exact) mass is 534 g/mol. The number of imidazole rings is 1. The Bertz CT molecular complexity index is 1730. The summed E-state index contributed by atoms with van der Waals surface area (Å²) in [6.07, 6.45) is 8.87. The van der Waals surface area contributed by atoms with Gasteiger partial charge in [-0.25, -0.2) is 14.8 Å². The van der Waals surface area contributed by atoms with Gasteiger partial charge in [-0.05, 0) is 57.2 Å². The van der Waals surface area contributed by atoms with Crippen molar-refractivity contribution in [1.82, 2.24) is 19.9 Å². The van der Waals surface area contributed by atoms with Crippen LogP contribution in [0.15, 0.2) is 94.8 Å². The number of rotatable bonds is 5. The van der Waals surface area contributed by atoms with Crippen molar-refractivity contribution in [3.8, 4) is 28.3 Å². The summed E-state index contributed by atoms with van der Waals surface area (Å²) in [5, 5.41) is 3.53. The molecule has 202 valence electrons. The van der Waals surface area contributed by atoms with Crippen molar-refractivity contribution >= 4 is 17.1 Å². The average molecular weight is 535 g/mol. The van der Waals surface area contributed by atoms with Gasteiger partial charge in [0.05, 0.1) is 16.5 Å². The largest absolute Gasteiger partial charge is 0.451 e. The summed E-state index contributed by atoms with van der Waals surface area (Å²) in [5.74, 6) is 0.955. The van der Waals surface area contributed by atoms with Gasteiger partial charge in [-0.15, -0.1) is 0 Å². The van der Waals surface area contributed by atoms with E-state index in [1.165, 1.54) is 0 Å². The van der Waals surface area contributed by atoms with Crippen LogP contribution in [-0.2, 0) is 10.3 Å². The number of benzene rings is 2. The Kier molecular flexibility index (Phi) is 6.25. The first kappa shape index (κ1) is 25.6. The molecule has 1 N–H and O–H groups in total. The maximum Gasteiger partial charge on any atom is 0.408 e. The Labute approximate surface area is 231 Å². The van der Waals surface area contributed by atoms with Gasteiger partial charge in [-0.1, -0.05) is 54.6 Å². The molecule has 0 unspecified atom stereocenters. The summed E-state index contributed by atoms with van der Waals surface area (Å²) in [7, 11) is 0. The number of amides is 1. The van der Waals surface area contributed by atoms with Crippen molar-refractivity contribution < 1.29 is 13.9 Å². The second kappa shape index (κ2) is 9.79. The van der Waals surface area contributed by atoms with Crippen molar-refractivity contribution in [3.63, 3.8) is 0 Å². The number of fused-ring (bicyclic) bond motifs is 1. The van der Waals surface area contributed by atoms with Gasteiger partial charge < -0.3 is 14.5 Å². The highest BCUT2D eigenvalue weighted by molar-refractivity contribution is 5.91. The fraction of sp³-hybridized carbons (Fsp3) is 0.250. The first-order valence-electron chi connectivity index (χ1n) is 13.4. The van der Waals surface area contributed by atoms with Crippen LogP contribution in [0.25, 0.3) is 39.2 Å². The van der Waals surface area contributed by atoms with Crippen LogP contribution in [0.4, 0.5) is 4.79 Å². The number of carbonyl (C=O) groups is 1. The molecule has 1 aliphatic rings. The Morgan fingerprint density at radius 1 is 1.00 bits per heavy atom.